The van der Waals surface area contributed by atoms with Gasteiger partial charge >= 0.3 is 5.97 Å². The van der Waals surface area contributed by atoms with Crippen molar-refractivity contribution in [3.63, 3.8) is 0 Å². The van der Waals surface area contributed by atoms with Crippen molar-refractivity contribution in [2.75, 3.05) is 13.2 Å². The summed E-state index contributed by atoms with van der Waals surface area (Å²) in [7, 11) is 0. The molecule has 1 atom stereocenters. The number of unbranched alkanes of at least 4 members (excludes halogenated alkanes) is 1. The first-order valence-corrected chi connectivity index (χ1v) is 9.43. The average molecular weight is 354 g/mol. The second kappa shape index (κ2) is 9.39. The smallest absolute Gasteiger partial charge is 0.330 e. The molecule has 1 fully saturated rings. The Balaban J connectivity index is 1.77. The summed E-state index contributed by atoms with van der Waals surface area (Å²) >= 11 is 0. The molecule has 26 heavy (non-hydrogen) atoms. The SMILES string of the molecule is CCCCOC(=O)/C=C/c1ccc(OC2CCCCO2)c2ccccc12. The van der Waals surface area contributed by atoms with Crippen LogP contribution < -0.4 is 4.74 Å². The van der Waals surface area contributed by atoms with Gasteiger partial charge in [-0.1, -0.05) is 43.7 Å². The van der Waals surface area contributed by atoms with E-state index in [1.165, 1.54) is 6.08 Å². The van der Waals surface area contributed by atoms with E-state index in [9.17, 15) is 4.79 Å². The van der Waals surface area contributed by atoms with Gasteiger partial charge in [0.1, 0.15) is 5.75 Å². The normalized spacial score (nSPS) is 17.5. The highest BCUT2D eigenvalue weighted by Crippen LogP contribution is 2.31. The van der Waals surface area contributed by atoms with Crippen molar-refractivity contribution in [3.05, 3.63) is 48.0 Å². The van der Waals surface area contributed by atoms with E-state index in [0.29, 0.717) is 6.61 Å². The van der Waals surface area contributed by atoms with E-state index in [4.69, 9.17) is 14.2 Å². The van der Waals surface area contributed by atoms with Crippen LogP contribution in [-0.2, 0) is 14.3 Å². The molecule has 0 aromatic heterocycles. The van der Waals surface area contributed by atoms with Crippen LogP contribution in [-0.4, -0.2) is 25.5 Å². The van der Waals surface area contributed by atoms with Gasteiger partial charge in [0.2, 0.25) is 0 Å². The topological polar surface area (TPSA) is 44.8 Å². The molecule has 0 radical (unpaired) electrons. The van der Waals surface area contributed by atoms with Crippen LogP contribution in [0.1, 0.15) is 44.6 Å². The fraction of sp³-hybridized carbons (Fsp3) is 0.409. The molecule has 1 unspecified atom stereocenters. The van der Waals surface area contributed by atoms with Crippen LogP contribution in [0.15, 0.2) is 42.5 Å². The molecule has 1 aliphatic heterocycles. The lowest BCUT2D eigenvalue weighted by Gasteiger charge is -2.24. The fourth-order valence-corrected chi connectivity index (χ4v) is 3.01. The minimum absolute atomic E-state index is 0.179. The molecule has 0 N–H and O–H groups in total. The van der Waals surface area contributed by atoms with Gasteiger partial charge in [0, 0.05) is 17.9 Å². The van der Waals surface area contributed by atoms with Crippen molar-refractivity contribution in [2.24, 2.45) is 0 Å². The summed E-state index contributed by atoms with van der Waals surface area (Å²) in [6.45, 7) is 3.29. The number of rotatable bonds is 7. The molecule has 4 nitrogen and oxygen atoms in total. The van der Waals surface area contributed by atoms with Crippen LogP contribution in [0.3, 0.4) is 0 Å². The molecule has 0 spiro atoms. The first kappa shape index (κ1) is 18.5. The molecule has 4 heteroatoms. The molecule has 0 aliphatic carbocycles. The van der Waals surface area contributed by atoms with Gasteiger partial charge in [-0.15, -0.1) is 0 Å². The molecule has 3 rings (SSSR count). The predicted octanol–water partition coefficient (Wildman–Crippen LogP) is 5.10. The number of hydrogen-bond donors (Lipinski definition) is 0. The van der Waals surface area contributed by atoms with Gasteiger partial charge in [-0.3, -0.25) is 0 Å². The lowest BCUT2D eigenvalue weighted by Crippen LogP contribution is -2.25. The van der Waals surface area contributed by atoms with E-state index in [2.05, 4.69) is 6.92 Å². The van der Waals surface area contributed by atoms with Crippen LogP contribution in [0.2, 0.25) is 0 Å². The average Bonchev–Trinajstić information content (AvgIpc) is 2.68. The van der Waals surface area contributed by atoms with Crippen molar-refractivity contribution in [3.8, 4) is 5.75 Å². The van der Waals surface area contributed by atoms with E-state index in [0.717, 1.165) is 60.8 Å². The Morgan fingerprint density at radius 3 is 2.81 bits per heavy atom. The molecule has 138 valence electrons. The molecular formula is C22H26O4. The molecule has 1 aliphatic rings. The molecule has 1 heterocycles. The van der Waals surface area contributed by atoms with E-state index in [-0.39, 0.29) is 12.3 Å². The highest BCUT2D eigenvalue weighted by Gasteiger charge is 2.16. The van der Waals surface area contributed by atoms with E-state index in [1.54, 1.807) is 6.08 Å². The van der Waals surface area contributed by atoms with Crippen LogP contribution in [0.4, 0.5) is 0 Å². The zero-order valence-corrected chi connectivity index (χ0v) is 15.3. The third-order valence-electron chi connectivity index (χ3n) is 4.46. The number of ether oxygens (including phenoxy) is 3. The monoisotopic (exact) mass is 354 g/mol. The molecule has 2 aromatic carbocycles. The molecule has 0 bridgehead atoms. The summed E-state index contributed by atoms with van der Waals surface area (Å²) in [5.74, 6) is 0.508. The second-order valence-electron chi connectivity index (χ2n) is 6.47. The Morgan fingerprint density at radius 2 is 2.04 bits per heavy atom. The number of carbonyl (C=O) groups is 1. The van der Waals surface area contributed by atoms with Crippen molar-refractivity contribution in [1.29, 1.82) is 0 Å². The van der Waals surface area contributed by atoms with Gasteiger partial charge in [-0.05, 0) is 42.4 Å². The van der Waals surface area contributed by atoms with E-state index >= 15 is 0 Å². The van der Waals surface area contributed by atoms with Crippen molar-refractivity contribution in [1.82, 2.24) is 0 Å². The van der Waals surface area contributed by atoms with Crippen LogP contribution >= 0.6 is 0 Å². The number of carbonyl (C=O) groups excluding carboxylic acids is 1. The maximum Gasteiger partial charge on any atom is 0.330 e. The Hall–Kier alpha value is -2.33. The quantitative estimate of drug-likeness (QED) is 0.394. The van der Waals surface area contributed by atoms with Gasteiger partial charge < -0.3 is 14.2 Å². The summed E-state index contributed by atoms with van der Waals surface area (Å²) in [6, 6.07) is 12.0. The first-order chi connectivity index (χ1) is 12.8. The first-order valence-electron chi connectivity index (χ1n) is 9.43. The molecular weight excluding hydrogens is 328 g/mol. The number of benzene rings is 2. The minimum Gasteiger partial charge on any atom is -0.464 e. The number of esters is 1. The summed E-state index contributed by atoms with van der Waals surface area (Å²) < 4.78 is 16.9. The largest absolute Gasteiger partial charge is 0.464 e. The number of hydrogen-bond acceptors (Lipinski definition) is 4. The second-order valence-corrected chi connectivity index (χ2v) is 6.47. The third-order valence-corrected chi connectivity index (χ3v) is 4.46. The Kier molecular flexibility index (Phi) is 6.67. The van der Waals surface area contributed by atoms with Gasteiger partial charge in [-0.2, -0.15) is 0 Å². The minimum atomic E-state index is -0.307. The van der Waals surface area contributed by atoms with Gasteiger partial charge in [0.05, 0.1) is 13.2 Å². The van der Waals surface area contributed by atoms with Gasteiger partial charge in [0.15, 0.2) is 6.29 Å². The van der Waals surface area contributed by atoms with Crippen LogP contribution in [0.5, 0.6) is 5.75 Å². The van der Waals surface area contributed by atoms with Crippen LogP contribution in [0.25, 0.3) is 16.8 Å². The Morgan fingerprint density at radius 1 is 1.19 bits per heavy atom. The van der Waals surface area contributed by atoms with E-state index in [1.807, 2.05) is 36.4 Å². The molecule has 2 aromatic rings. The lowest BCUT2D eigenvalue weighted by atomic mass is 10.0. The standard InChI is InChI=1S/C22H26O4/c1-2-3-15-24-21(23)14-12-17-11-13-20(19-9-5-4-8-18(17)19)26-22-10-6-7-16-25-22/h4-5,8-9,11-14,22H,2-3,6-7,10,15-16H2,1H3/b14-12+. The number of fused-ring (bicyclic) bond motifs is 1. The van der Waals surface area contributed by atoms with Gasteiger partial charge in [-0.25, -0.2) is 4.79 Å². The highest BCUT2D eigenvalue weighted by atomic mass is 16.7. The van der Waals surface area contributed by atoms with Crippen molar-refractivity contribution >= 4 is 22.8 Å². The third kappa shape index (κ3) is 4.85. The van der Waals surface area contributed by atoms with Gasteiger partial charge in [0.25, 0.3) is 0 Å². The lowest BCUT2D eigenvalue weighted by molar-refractivity contribution is -0.137. The summed E-state index contributed by atoms with van der Waals surface area (Å²) in [6.07, 6.45) is 8.15. The van der Waals surface area contributed by atoms with Crippen molar-refractivity contribution < 1.29 is 19.0 Å². The summed E-state index contributed by atoms with van der Waals surface area (Å²) in [4.78, 5) is 11.8. The summed E-state index contributed by atoms with van der Waals surface area (Å²) in [5.41, 5.74) is 0.963. The zero-order chi connectivity index (χ0) is 18.2. The fourth-order valence-electron chi connectivity index (χ4n) is 3.01. The maximum atomic E-state index is 11.8. The van der Waals surface area contributed by atoms with Crippen molar-refractivity contribution in [2.45, 2.75) is 45.3 Å². The molecule has 0 saturated carbocycles. The van der Waals surface area contributed by atoms with Crippen LogP contribution in [0, 0.1) is 0 Å². The molecule has 1 saturated heterocycles. The Labute approximate surface area is 154 Å². The maximum absolute atomic E-state index is 11.8. The zero-order valence-electron chi connectivity index (χ0n) is 15.3. The van der Waals surface area contributed by atoms with E-state index < -0.39 is 0 Å². The molecule has 0 amide bonds. The highest BCUT2D eigenvalue weighted by molar-refractivity contribution is 5.97. The predicted molar refractivity (Wildman–Crippen MR) is 103 cm³/mol. The Bertz CT molecular complexity index is 760. The summed E-state index contributed by atoms with van der Waals surface area (Å²) in [5, 5.41) is 2.06.